The average molecular weight is 318 g/mol. The number of fused-ring (bicyclic) bond motifs is 1. The Morgan fingerprint density at radius 1 is 1.48 bits per heavy atom. The Bertz CT molecular complexity index is 747. The molecule has 2 aromatic rings. The van der Waals surface area contributed by atoms with Gasteiger partial charge in [0.15, 0.2) is 0 Å². The number of aliphatic hydroxyl groups excluding tert-OH is 1. The Kier molecular flexibility index (Phi) is 4.38. The van der Waals surface area contributed by atoms with E-state index in [0.717, 1.165) is 23.9 Å². The summed E-state index contributed by atoms with van der Waals surface area (Å²) in [6.07, 6.45) is 1.64. The monoisotopic (exact) mass is 318 g/mol. The summed E-state index contributed by atoms with van der Waals surface area (Å²) in [6.45, 7) is 1.08. The number of aliphatic hydroxyl groups is 1. The van der Waals surface area contributed by atoms with E-state index in [0.29, 0.717) is 25.6 Å². The molecular weight excluding hydrogens is 296 g/mol. The second-order valence-electron chi connectivity index (χ2n) is 6.12. The van der Waals surface area contributed by atoms with Gasteiger partial charge in [0, 0.05) is 26.7 Å². The van der Waals surface area contributed by atoms with Crippen molar-refractivity contribution in [3.8, 4) is 0 Å². The van der Waals surface area contributed by atoms with Gasteiger partial charge in [-0.3, -0.25) is 4.57 Å². The second kappa shape index (κ2) is 6.45. The number of amides is 2. The molecule has 1 atom stereocenters. The van der Waals surface area contributed by atoms with Crippen molar-refractivity contribution in [2.75, 3.05) is 20.1 Å². The Hall–Kier alpha value is -2.28. The summed E-state index contributed by atoms with van der Waals surface area (Å²) in [7, 11) is 1.67. The van der Waals surface area contributed by atoms with E-state index in [1.807, 2.05) is 24.3 Å². The molecule has 1 saturated carbocycles. The van der Waals surface area contributed by atoms with Gasteiger partial charge in [-0.05, 0) is 30.9 Å². The highest BCUT2D eigenvalue weighted by atomic mass is 16.3. The molecule has 0 aliphatic heterocycles. The zero-order chi connectivity index (χ0) is 16.4. The van der Waals surface area contributed by atoms with E-state index in [1.54, 1.807) is 11.6 Å². The molecule has 1 unspecified atom stereocenters. The lowest BCUT2D eigenvalue weighted by Crippen LogP contribution is -2.43. The Balaban J connectivity index is 1.52. The van der Waals surface area contributed by atoms with Crippen LogP contribution in [0.2, 0.25) is 0 Å². The van der Waals surface area contributed by atoms with E-state index in [-0.39, 0.29) is 11.7 Å². The number of nitrogens with one attached hydrogen (secondary N) is 2. The standard InChI is InChI=1S/C16H22N4O3/c1-19(10-14(21)11-6-7-11)15(22)17-8-9-20-13-5-3-2-4-12(13)18-16(20)23/h2-5,11,14,21H,6-10H2,1H3,(H,17,22)(H,18,23). The van der Waals surface area contributed by atoms with Crippen molar-refractivity contribution < 1.29 is 9.90 Å². The normalized spacial score (nSPS) is 15.6. The van der Waals surface area contributed by atoms with Crippen molar-refractivity contribution in [2.24, 2.45) is 5.92 Å². The van der Waals surface area contributed by atoms with Gasteiger partial charge >= 0.3 is 11.7 Å². The van der Waals surface area contributed by atoms with Gasteiger partial charge in [-0.1, -0.05) is 12.1 Å². The highest BCUT2D eigenvalue weighted by Crippen LogP contribution is 2.32. The quantitative estimate of drug-likeness (QED) is 0.734. The minimum atomic E-state index is -0.443. The van der Waals surface area contributed by atoms with Crippen LogP contribution in [0.25, 0.3) is 11.0 Å². The van der Waals surface area contributed by atoms with Gasteiger partial charge < -0.3 is 20.3 Å². The molecule has 1 aromatic carbocycles. The first-order valence-electron chi connectivity index (χ1n) is 7.91. The first kappa shape index (κ1) is 15.6. The van der Waals surface area contributed by atoms with Gasteiger partial charge in [0.2, 0.25) is 0 Å². The van der Waals surface area contributed by atoms with E-state index in [4.69, 9.17) is 0 Å². The SMILES string of the molecule is CN(CC(O)C1CC1)C(=O)NCCn1c(=O)[nH]c2ccccc21. The molecule has 23 heavy (non-hydrogen) atoms. The molecule has 2 amide bonds. The Labute approximate surface area is 133 Å². The third-order valence-corrected chi connectivity index (χ3v) is 4.27. The van der Waals surface area contributed by atoms with Gasteiger partial charge in [-0.25, -0.2) is 9.59 Å². The van der Waals surface area contributed by atoms with Crippen molar-refractivity contribution in [2.45, 2.75) is 25.5 Å². The first-order chi connectivity index (χ1) is 11.1. The highest BCUT2D eigenvalue weighted by molar-refractivity contribution is 5.75. The third-order valence-electron chi connectivity index (χ3n) is 4.27. The van der Waals surface area contributed by atoms with Gasteiger partial charge in [-0.15, -0.1) is 0 Å². The lowest BCUT2D eigenvalue weighted by atomic mass is 10.2. The summed E-state index contributed by atoms with van der Waals surface area (Å²) in [6, 6.07) is 7.21. The lowest BCUT2D eigenvalue weighted by Gasteiger charge is -2.21. The minimum absolute atomic E-state index is 0.182. The molecule has 0 spiro atoms. The van der Waals surface area contributed by atoms with Crippen LogP contribution < -0.4 is 11.0 Å². The third kappa shape index (κ3) is 3.56. The van der Waals surface area contributed by atoms with E-state index in [1.165, 1.54) is 4.90 Å². The molecule has 1 aliphatic rings. The number of para-hydroxylation sites is 2. The predicted octanol–water partition coefficient (Wildman–Crippen LogP) is 0.742. The molecule has 0 saturated heterocycles. The number of nitrogens with zero attached hydrogens (tertiary/aromatic N) is 2. The maximum Gasteiger partial charge on any atom is 0.326 e. The number of aromatic amines is 1. The topological polar surface area (TPSA) is 90.4 Å². The number of H-pyrrole nitrogens is 1. The van der Waals surface area contributed by atoms with Crippen LogP contribution in [0.4, 0.5) is 4.79 Å². The zero-order valence-electron chi connectivity index (χ0n) is 13.2. The number of carbonyl (C=O) groups is 1. The lowest BCUT2D eigenvalue weighted by molar-refractivity contribution is 0.113. The summed E-state index contributed by atoms with van der Waals surface area (Å²) in [5.74, 6) is 0.343. The highest BCUT2D eigenvalue weighted by Gasteiger charge is 2.31. The molecule has 7 heteroatoms. The van der Waals surface area contributed by atoms with Crippen molar-refractivity contribution in [3.05, 3.63) is 34.7 Å². The summed E-state index contributed by atoms with van der Waals surface area (Å²) >= 11 is 0. The molecular formula is C16H22N4O3. The zero-order valence-corrected chi connectivity index (χ0v) is 13.2. The van der Waals surface area contributed by atoms with Crippen molar-refractivity contribution in [3.63, 3.8) is 0 Å². The average Bonchev–Trinajstić information content (AvgIpc) is 3.32. The largest absolute Gasteiger partial charge is 0.391 e. The van der Waals surface area contributed by atoms with Crippen LogP contribution in [0.5, 0.6) is 0 Å². The number of imidazole rings is 1. The molecule has 3 N–H and O–H groups in total. The van der Waals surface area contributed by atoms with Gasteiger partial charge in [0.25, 0.3) is 0 Å². The van der Waals surface area contributed by atoms with Crippen molar-refractivity contribution >= 4 is 17.1 Å². The van der Waals surface area contributed by atoms with E-state index in [2.05, 4.69) is 10.3 Å². The molecule has 7 nitrogen and oxygen atoms in total. The van der Waals surface area contributed by atoms with Gasteiger partial charge in [0.1, 0.15) is 0 Å². The Morgan fingerprint density at radius 3 is 2.96 bits per heavy atom. The van der Waals surface area contributed by atoms with E-state index < -0.39 is 6.10 Å². The molecule has 0 bridgehead atoms. The number of hydrogen-bond acceptors (Lipinski definition) is 3. The predicted molar refractivity (Wildman–Crippen MR) is 87.3 cm³/mol. The number of rotatable bonds is 6. The number of carbonyl (C=O) groups excluding carboxylic acids is 1. The molecule has 3 rings (SSSR count). The van der Waals surface area contributed by atoms with Crippen LogP contribution in [-0.4, -0.2) is 51.8 Å². The number of hydrogen-bond donors (Lipinski definition) is 3. The maximum atomic E-state index is 12.0. The molecule has 1 fully saturated rings. The summed E-state index contributed by atoms with van der Waals surface area (Å²) in [5.41, 5.74) is 1.43. The van der Waals surface area contributed by atoms with Gasteiger partial charge in [-0.2, -0.15) is 0 Å². The molecule has 1 heterocycles. The number of aromatic nitrogens is 2. The smallest absolute Gasteiger partial charge is 0.326 e. The summed E-state index contributed by atoms with van der Waals surface area (Å²) in [4.78, 5) is 28.2. The molecule has 0 radical (unpaired) electrons. The minimum Gasteiger partial charge on any atom is -0.391 e. The first-order valence-corrected chi connectivity index (χ1v) is 7.91. The van der Waals surface area contributed by atoms with Crippen LogP contribution in [0, 0.1) is 5.92 Å². The Morgan fingerprint density at radius 2 is 2.22 bits per heavy atom. The summed E-state index contributed by atoms with van der Waals surface area (Å²) < 4.78 is 1.61. The summed E-state index contributed by atoms with van der Waals surface area (Å²) in [5, 5.41) is 12.6. The fourth-order valence-electron chi connectivity index (χ4n) is 2.73. The van der Waals surface area contributed by atoms with Crippen molar-refractivity contribution in [1.82, 2.24) is 19.8 Å². The van der Waals surface area contributed by atoms with E-state index in [9.17, 15) is 14.7 Å². The number of likely N-dealkylation sites (N-methyl/N-ethyl adjacent to an activating group) is 1. The van der Waals surface area contributed by atoms with Crippen LogP contribution in [-0.2, 0) is 6.54 Å². The molecule has 1 aliphatic carbocycles. The maximum absolute atomic E-state index is 12.0. The fraction of sp³-hybridized carbons (Fsp3) is 0.500. The van der Waals surface area contributed by atoms with Crippen LogP contribution in [0.1, 0.15) is 12.8 Å². The number of benzene rings is 1. The van der Waals surface area contributed by atoms with Crippen LogP contribution in [0.3, 0.4) is 0 Å². The van der Waals surface area contributed by atoms with Crippen LogP contribution >= 0.6 is 0 Å². The fourth-order valence-corrected chi connectivity index (χ4v) is 2.73. The second-order valence-corrected chi connectivity index (χ2v) is 6.12. The van der Waals surface area contributed by atoms with Crippen molar-refractivity contribution in [1.29, 1.82) is 0 Å². The number of urea groups is 1. The van der Waals surface area contributed by atoms with E-state index >= 15 is 0 Å². The molecule has 1 aromatic heterocycles. The molecule has 124 valence electrons. The van der Waals surface area contributed by atoms with Gasteiger partial charge in [0.05, 0.1) is 17.1 Å². The van der Waals surface area contributed by atoms with Crippen LogP contribution in [0.15, 0.2) is 29.1 Å².